The summed E-state index contributed by atoms with van der Waals surface area (Å²) < 4.78 is 14.1. The number of halogens is 1. The maximum Gasteiger partial charge on any atom is 0.231 e. The van der Waals surface area contributed by atoms with Crippen molar-refractivity contribution in [2.45, 2.75) is 13.3 Å². The van der Waals surface area contributed by atoms with Gasteiger partial charge in [0.05, 0.1) is 12.2 Å². The van der Waals surface area contributed by atoms with E-state index in [1.807, 2.05) is 16.7 Å². The zero-order valence-electron chi connectivity index (χ0n) is 11.0. The van der Waals surface area contributed by atoms with E-state index in [0.29, 0.717) is 44.1 Å². The molecule has 0 radical (unpaired) electrons. The van der Waals surface area contributed by atoms with E-state index >= 15 is 0 Å². The van der Waals surface area contributed by atoms with Crippen LogP contribution in [0.3, 0.4) is 0 Å². The molecule has 0 unspecified atom stereocenters. The lowest BCUT2D eigenvalue weighted by atomic mass is 10.2. The van der Waals surface area contributed by atoms with Crippen LogP contribution in [0.25, 0.3) is 0 Å². The Morgan fingerprint density at radius 1 is 1.37 bits per heavy atom. The van der Waals surface area contributed by atoms with Gasteiger partial charge in [0.1, 0.15) is 6.33 Å². The lowest BCUT2D eigenvalue weighted by molar-refractivity contribution is -0.119. The Balaban J connectivity index is 2.03. The number of aryl methyl sites for hydroxylation is 1. The summed E-state index contributed by atoms with van der Waals surface area (Å²) in [6.07, 6.45) is 1.94. The van der Waals surface area contributed by atoms with Crippen molar-refractivity contribution >= 4 is 11.7 Å². The van der Waals surface area contributed by atoms with Crippen molar-refractivity contribution in [2.24, 2.45) is 5.73 Å². The molecule has 2 N–H and O–H groups in total. The van der Waals surface area contributed by atoms with Crippen LogP contribution in [0.4, 0.5) is 10.2 Å². The number of piperazine rings is 1. The third-order valence-electron chi connectivity index (χ3n) is 3.23. The van der Waals surface area contributed by atoms with Crippen molar-refractivity contribution in [3.63, 3.8) is 0 Å². The Hall–Kier alpha value is -1.76. The Morgan fingerprint density at radius 3 is 2.63 bits per heavy atom. The largest absolute Gasteiger partial charge is 0.369 e. The number of hydrogen-bond donors (Lipinski definition) is 1. The maximum atomic E-state index is 14.1. The molecule has 1 aliphatic rings. The van der Waals surface area contributed by atoms with Gasteiger partial charge in [-0.1, -0.05) is 6.92 Å². The lowest BCUT2D eigenvalue weighted by Crippen LogP contribution is -2.49. The van der Waals surface area contributed by atoms with Crippen LogP contribution >= 0.6 is 0 Å². The van der Waals surface area contributed by atoms with Crippen LogP contribution < -0.4 is 10.6 Å². The van der Waals surface area contributed by atoms with Crippen LogP contribution in [0.5, 0.6) is 0 Å². The molecule has 1 fully saturated rings. The van der Waals surface area contributed by atoms with Crippen LogP contribution in [0.15, 0.2) is 6.33 Å². The second-order valence-electron chi connectivity index (χ2n) is 4.54. The van der Waals surface area contributed by atoms with E-state index in [9.17, 15) is 9.18 Å². The molecule has 1 aromatic heterocycles. The summed E-state index contributed by atoms with van der Waals surface area (Å²) in [4.78, 5) is 22.6. The molecule has 0 atom stereocenters. The molecule has 1 aromatic rings. The highest BCUT2D eigenvalue weighted by Gasteiger charge is 2.22. The molecule has 1 saturated heterocycles. The van der Waals surface area contributed by atoms with Crippen LogP contribution in [0.1, 0.15) is 12.6 Å². The highest BCUT2D eigenvalue weighted by atomic mass is 19.1. The number of carbonyl (C=O) groups is 1. The predicted octanol–water partition coefficient (Wildman–Crippen LogP) is -0.215. The second-order valence-corrected chi connectivity index (χ2v) is 4.54. The van der Waals surface area contributed by atoms with E-state index in [1.165, 1.54) is 6.33 Å². The number of anilines is 1. The van der Waals surface area contributed by atoms with E-state index in [-0.39, 0.29) is 18.3 Å². The fraction of sp³-hybridized carbons (Fsp3) is 0.583. The van der Waals surface area contributed by atoms with Crippen molar-refractivity contribution < 1.29 is 9.18 Å². The zero-order chi connectivity index (χ0) is 13.8. The van der Waals surface area contributed by atoms with Gasteiger partial charge < -0.3 is 10.6 Å². The zero-order valence-corrected chi connectivity index (χ0v) is 11.0. The Kier molecular flexibility index (Phi) is 4.26. The molecule has 2 heterocycles. The molecule has 1 amide bonds. The van der Waals surface area contributed by atoms with E-state index in [4.69, 9.17) is 5.73 Å². The summed E-state index contributed by atoms with van der Waals surface area (Å²) in [6, 6.07) is 0. The van der Waals surface area contributed by atoms with Crippen molar-refractivity contribution in [2.75, 3.05) is 37.6 Å². The van der Waals surface area contributed by atoms with E-state index in [0.717, 1.165) is 0 Å². The summed E-state index contributed by atoms with van der Waals surface area (Å²) in [5.74, 6) is -0.325. The number of aromatic nitrogens is 2. The van der Waals surface area contributed by atoms with Crippen LogP contribution in [-0.4, -0.2) is 53.5 Å². The van der Waals surface area contributed by atoms with E-state index in [1.54, 1.807) is 0 Å². The standard InChI is InChI=1S/C12H18FN5O/c1-2-9-11(13)12(16-8-15-9)18-5-3-17(4-6-18)7-10(14)19/h8H,2-7H2,1H3,(H2,14,19). The normalized spacial score (nSPS) is 16.6. The first-order valence-corrected chi connectivity index (χ1v) is 6.36. The summed E-state index contributed by atoms with van der Waals surface area (Å²) in [5, 5.41) is 0. The average Bonchev–Trinajstić information content (AvgIpc) is 2.39. The summed E-state index contributed by atoms with van der Waals surface area (Å²) in [7, 11) is 0. The van der Waals surface area contributed by atoms with Gasteiger partial charge in [-0.15, -0.1) is 0 Å². The van der Waals surface area contributed by atoms with Gasteiger partial charge in [0.25, 0.3) is 0 Å². The first-order valence-electron chi connectivity index (χ1n) is 6.36. The average molecular weight is 267 g/mol. The van der Waals surface area contributed by atoms with Gasteiger partial charge in [-0.2, -0.15) is 0 Å². The second kappa shape index (κ2) is 5.92. The van der Waals surface area contributed by atoms with Gasteiger partial charge >= 0.3 is 0 Å². The predicted molar refractivity (Wildman–Crippen MR) is 69.2 cm³/mol. The van der Waals surface area contributed by atoms with Gasteiger partial charge in [0.15, 0.2) is 11.6 Å². The molecule has 1 aliphatic heterocycles. The number of nitrogens with zero attached hydrogens (tertiary/aromatic N) is 4. The quantitative estimate of drug-likeness (QED) is 0.816. The van der Waals surface area contributed by atoms with Gasteiger partial charge in [0.2, 0.25) is 5.91 Å². The SMILES string of the molecule is CCc1ncnc(N2CCN(CC(N)=O)CC2)c1F. The molecule has 0 aliphatic carbocycles. The van der Waals surface area contributed by atoms with E-state index in [2.05, 4.69) is 9.97 Å². The summed E-state index contributed by atoms with van der Waals surface area (Å²) in [6.45, 7) is 4.72. The van der Waals surface area contributed by atoms with Gasteiger partial charge in [-0.3, -0.25) is 9.69 Å². The minimum Gasteiger partial charge on any atom is -0.369 e. The van der Waals surface area contributed by atoms with Crippen molar-refractivity contribution in [1.82, 2.24) is 14.9 Å². The Morgan fingerprint density at radius 2 is 2.05 bits per heavy atom. The number of hydrogen-bond acceptors (Lipinski definition) is 5. The molecular formula is C12H18FN5O. The van der Waals surface area contributed by atoms with Crippen LogP contribution in [0.2, 0.25) is 0 Å². The van der Waals surface area contributed by atoms with Crippen LogP contribution in [-0.2, 0) is 11.2 Å². The minimum atomic E-state index is -0.339. The Labute approximate surface area is 111 Å². The van der Waals surface area contributed by atoms with E-state index < -0.39 is 0 Å². The van der Waals surface area contributed by atoms with Crippen molar-refractivity contribution in [3.05, 3.63) is 17.8 Å². The third kappa shape index (κ3) is 3.17. The summed E-state index contributed by atoms with van der Waals surface area (Å²) >= 11 is 0. The molecular weight excluding hydrogens is 249 g/mol. The lowest BCUT2D eigenvalue weighted by Gasteiger charge is -2.34. The van der Waals surface area contributed by atoms with Gasteiger partial charge in [0, 0.05) is 26.2 Å². The number of amides is 1. The minimum absolute atomic E-state index is 0.250. The molecule has 0 saturated carbocycles. The number of rotatable bonds is 4. The number of carbonyl (C=O) groups excluding carboxylic acids is 1. The number of primary amides is 1. The maximum absolute atomic E-state index is 14.1. The molecule has 2 rings (SSSR count). The van der Waals surface area contributed by atoms with Crippen LogP contribution in [0, 0.1) is 5.82 Å². The monoisotopic (exact) mass is 267 g/mol. The molecule has 0 aromatic carbocycles. The number of nitrogens with two attached hydrogens (primary N) is 1. The Bertz CT molecular complexity index is 459. The van der Waals surface area contributed by atoms with Gasteiger partial charge in [-0.25, -0.2) is 14.4 Å². The summed E-state index contributed by atoms with van der Waals surface area (Å²) in [5.41, 5.74) is 5.59. The van der Waals surface area contributed by atoms with Gasteiger partial charge in [-0.05, 0) is 6.42 Å². The third-order valence-corrected chi connectivity index (χ3v) is 3.23. The highest BCUT2D eigenvalue weighted by molar-refractivity contribution is 5.75. The molecule has 0 spiro atoms. The topological polar surface area (TPSA) is 75.3 Å². The van der Waals surface area contributed by atoms with Crippen molar-refractivity contribution in [1.29, 1.82) is 0 Å². The van der Waals surface area contributed by atoms with Crippen molar-refractivity contribution in [3.8, 4) is 0 Å². The smallest absolute Gasteiger partial charge is 0.231 e. The molecule has 0 bridgehead atoms. The fourth-order valence-corrected chi connectivity index (χ4v) is 2.20. The first kappa shape index (κ1) is 13.7. The fourth-order valence-electron chi connectivity index (χ4n) is 2.20. The molecule has 6 nitrogen and oxygen atoms in total. The molecule has 7 heteroatoms. The molecule has 19 heavy (non-hydrogen) atoms. The molecule has 104 valence electrons. The highest BCUT2D eigenvalue weighted by Crippen LogP contribution is 2.19. The first-order chi connectivity index (χ1) is 9.11.